The lowest BCUT2D eigenvalue weighted by Gasteiger charge is -2.15. The summed E-state index contributed by atoms with van der Waals surface area (Å²) in [5, 5.41) is 22.3. The van der Waals surface area contributed by atoms with Crippen LogP contribution in [0, 0.1) is 18.4 Å². The van der Waals surface area contributed by atoms with E-state index in [4.69, 9.17) is 15.6 Å². The zero-order valence-electron chi connectivity index (χ0n) is 18.7. The number of anilines is 1. The summed E-state index contributed by atoms with van der Waals surface area (Å²) in [4.78, 5) is 37.6. The summed E-state index contributed by atoms with van der Waals surface area (Å²) >= 11 is 0. The summed E-state index contributed by atoms with van der Waals surface area (Å²) in [6.45, 7) is 3.45. The Morgan fingerprint density at radius 1 is 1.21 bits per heavy atom. The minimum absolute atomic E-state index is 0.0697. The second-order valence-electron chi connectivity index (χ2n) is 7.45. The lowest BCUT2D eigenvalue weighted by Crippen LogP contribution is -2.27. The van der Waals surface area contributed by atoms with E-state index >= 15 is 0 Å². The summed E-state index contributed by atoms with van der Waals surface area (Å²) in [5.41, 5.74) is 8.19. The lowest BCUT2D eigenvalue weighted by atomic mass is 10.1. The molecule has 3 rings (SSSR count). The van der Waals surface area contributed by atoms with E-state index in [-0.39, 0.29) is 22.7 Å². The number of nitriles is 1. The molecule has 0 atom stereocenters. The molecule has 0 fully saturated rings. The van der Waals surface area contributed by atoms with Gasteiger partial charge in [-0.1, -0.05) is 25.1 Å². The first kappa shape index (κ1) is 24.0. The number of nitrogens with zero attached hydrogens (tertiary/aromatic N) is 4. The molecule has 3 aromatic rings. The van der Waals surface area contributed by atoms with Crippen molar-refractivity contribution in [1.82, 2.24) is 14.7 Å². The first-order valence-electron chi connectivity index (χ1n) is 10.4. The molecule has 34 heavy (non-hydrogen) atoms. The Bertz CT molecular complexity index is 1290. The summed E-state index contributed by atoms with van der Waals surface area (Å²) in [5.74, 6) is -1.69. The third kappa shape index (κ3) is 5.05. The molecular weight excluding hydrogens is 438 g/mol. The Morgan fingerprint density at radius 2 is 1.97 bits per heavy atom. The fourth-order valence-corrected chi connectivity index (χ4v) is 3.30. The fourth-order valence-electron chi connectivity index (χ4n) is 3.30. The highest BCUT2D eigenvalue weighted by atomic mass is 16.5. The lowest BCUT2D eigenvalue weighted by molar-refractivity contribution is -0.139. The maximum Gasteiger partial charge on any atom is 0.341 e. The molecule has 0 bridgehead atoms. The number of carbonyl (C=O) groups is 3. The number of hydrogen-bond acceptors (Lipinski definition) is 7. The highest BCUT2D eigenvalue weighted by Crippen LogP contribution is 2.25. The number of carbonyl (C=O) groups excluding carboxylic acids is 2. The molecule has 0 spiro atoms. The van der Waals surface area contributed by atoms with Crippen molar-refractivity contribution in [2.45, 2.75) is 20.3 Å². The van der Waals surface area contributed by atoms with Crippen LogP contribution in [0.3, 0.4) is 0 Å². The molecule has 0 unspecified atom stereocenters. The van der Waals surface area contributed by atoms with E-state index in [1.54, 1.807) is 36.4 Å². The van der Waals surface area contributed by atoms with Gasteiger partial charge >= 0.3 is 5.97 Å². The monoisotopic (exact) mass is 461 g/mol. The minimum atomic E-state index is -1.13. The van der Waals surface area contributed by atoms with Crippen molar-refractivity contribution in [3.63, 3.8) is 0 Å². The Balaban J connectivity index is 1.93. The Kier molecular flexibility index (Phi) is 7.28. The number of ketones is 1. The molecule has 0 saturated carbocycles. The maximum absolute atomic E-state index is 13.1. The number of aliphatic carboxylic acids is 1. The number of nitrogens with two attached hydrogens (primary N) is 1. The van der Waals surface area contributed by atoms with Gasteiger partial charge in [-0.05, 0) is 43.2 Å². The van der Waals surface area contributed by atoms with Crippen LogP contribution in [0.25, 0.3) is 5.69 Å². The van der Waals surface area contributed by atoms with Crippen molar-refractivity contribution in [3.05, 3.63) is 70.9 Å². The van der Waals surface area contributed by atoms with E-state index in [9.17, 15) is 19.6 Å². The molecule has 0 aliphatic heterocycles. The van der Waals surface area contributed by atoms with Gasteiger partial charge in [0.1, 0.15) is 11.6 Å². The van der Waals surface area contributed by atoms with Crippen molar-refractivity contribution in [2.75, 3.05) is 18.9 Å². The van der Waals surface area contributed by atoms with Gasteiger partial charge in [0.15, 0.2) is 18.6 Å². The second-order valence-corrected chi connectivity index (χ2v) is 7.45. The van der Waals surface area contributed by atoms with Gasteiger partial charge in [-0.25, -0.2) is 14.4 Å². The smallest absolute Gasteiger partial charge is 0.341 e. The molecule has 10 nitrogen and oxygen atoms in total. The SMILES string of the molecule is CCCN(C#N)C(=O)c1ccc(C)c(-n2ncc(C(=O)c3cccc(OCC(=O)O)c3)c2N)c1. The normalized spacial score (nSPS) is 10.4. The summed E-state index contributed by atoms with van der Waals surface area (Å²) in [6.07, 6.45) is 3.86. The number of rotatable bonds is 9. The molecule has 0 aliphatic carbocycles. The van der Waals surface area contributed by atoms with Crippen LogP contribution in [0.4, 0.5) is 5.82 Å². The number of carboxylic acid groups (broad SMARTS) is 1. The van der Waals surface area contributed by atoms with Crippen LogP contribution < -0.4 is 10.5 Å². The second kappa shape index (κ2) is 10.3. The van der Waals surface area contributed by atoms with Crippen molar-refractivity contribution in [1.29, 1.82) is 5.26 Å². The molecule has 1 heterocycles. The summed E-state index contributed by atoms with van der Waals surface area (Å²) < 4.78 is 6.50. The van der Waals surface area contributed by atoms with Gasteiger partial charge in [0.2, 0.25) is 0 Å². The fraction of sp³-hybridized carbons (Fsp3) is 0.208. The molecule has 0 radical (unpaired) electrons. The number of aryl methyl sites for hydroxylation is 1. The number of benzene rings is 2. The standard InChI is InChI=1S/C24H23N5O5/c1-3-9-28(14-25)24(33)17-8-7-15(2)20(11-17)29-23(26)19(12-27-29)22(32)16-5-4-6-18(10-16)34-13-21(30)31/h4-8,10-12H,3,9,13,26H2,1-2H3,(H,30,31). The van der Waals surface area contributed by atoms with Gasteiger partial charge in [-0.3, -0.25) is 9.59 Å². The Hall–Kier alpha value is -4.65. The van der Waals surface area contributed by atoms with Crippen LogP contribution in [-0.4, -0.2) is 50.6 Å². The Labute approximate surface area is 195 Å². The van der Waals surface area contributed by atoms with Crippen molar-refractivity contribution in [2.24, 2.45) is 0 Å². The third-order valence-corrected chi connectivity index (χ3v) is 5.01. The van der Waals surface area contributed by atoms with Crippen LogP contribution in [0.1, 0.15) is 45.2 Å². The van der Waals surface area contributed by atoms with Crippen molar-refractivity contribution in [3.8, 4) is 17.6 Å². The van der Waals surface area contributed by atoms with Gasteiger partial charge < -0.3 is 15.6 Å². The van der Waals surface area contributed by atoms with Crippen LogP contribution in [0.2, 0.25) is 0 Å². The molecule has 0 aliphatic rings. The molecule has 2 aromatic carbocycles. The summed E-state index contributed by atoms with van der Waals surface area (Å²) in [7, 11) is 0. The quantitative estimate of drug-likeness (QED) is 0.280. The molecule has 3 N–H and O–H groups in total. The van der Waals surface area contributed by atoms with Crippen LogP contribution in [0.15, 0.2) is 48.7 Å². The van der Waals surface area contributed by atoms with Gasteiger partial charge in [0, 0.05) is 17.7 Å². The number of hydrogen-bond donors (Lipinski definition) is 2. The summed E-state index contributed by atoms with van der Waals surface area (Å²) in [6, 6.07) is 11.0. The number of carboxylic acids is 1. The van der Waals surface area contributed by atoms with E-state index < -0.39 is 24.3 Å². The number of aromatic nitrogens is 2. The van der Waals surface area contributed by atoms with E-state index in [2.05, 4.69) is 5.10 Å². The molecular formula is C24H23N5O5. The van der Waals surface area contributed by atoms with E-state index in [1.165, 1.54) is 16.9 Å². The average Bonchev–Trinajstić information content (AvgIpc) is 3.21. The van der Waals surface area contributed by atoms with Gasteiger partial charge in [-0.2, -0.15) is 10.4 Å². The molecule has 1 amide bonds. The topological polar surface area (TPSA) is 152 Å². The molecule has 174 valence electrons. The average molecular weight is 461 g/mol. The van der Waals surface area contributed by atoms with Crippen LogP contribution >= 0.6 is 0 Å². The number of ether oxygens (including phenoxy) is 1. The highest BCUT2D eigenvalue weighted by molar-refractivity contribution is 6.12. The van der Waals surface area contributed by atoms with E-state index in [0.29, 0.717) is 24.2 Å². The zero-order valence-corrected chi connectivity index (χ0v) is 18.7. The van der Waals surface area contributed by atoms with Crippen molar-refractivity contribution < 1.29 is 24.2 Å². The van der Waals surface area contributed by atoms with Gasteiger partial charge in [0.25, 0.3) is 5.91 Å². The van der Waals surface area contributed by atoms with Crippen LogP contribution in [0.5, 0.6) is 5.75 Å². The predicted molar refractivity (Wildman–Crippen MR) is 123 cm³/mol. The maximum atomic E-state index is 13.1. The van der Waals surface area contributed by atoms with E-state index in [0.717, 1.165) is 10.5 Å². The minimum Gasteiger partial charge on any atom is -0.482 e. The first-order valence-corrected chi connectivity index (χ1v) is 10.4. The number of nitrogen functional groups attached to an aromatic ring is 1. The first-order chi connectivity index (χ1) is 16.3. The zero-order chi connectivity index (χ0) is 24.8. The van der Waals surface area contributed by atoms with Gasteiger partial charge in [0.05, 0.1) is 17.4 Å². The predicted octanol–water partition coefficient (Wildman–Crippen LogP) is 2.79. The largest absolute Gasteiger partial charge is 0.482 e. The molecule has 0 saturated heterocycles. The van der Waals surface area contributed by atoms with E-state index in [1.807, 2.05) is 20.0 Å². The van der Waals surface area contributed by atoms with Crippen molar-refractivity contribution >= 4 is 23.5 Å². The molecule has 1 aromatic heterocycles. The van der Waals surface area contributed by atoms with Gasteiger partial charge in [-0.15, -0.1) is 0 Å². The van der Waals surface area contributed by atoms with Crippen LogP contribution in [-0.2, 0) is 4.79 Å². The third-order valence-electron chi connectivity index (χ3n) is 5.01. The highest BCUT2D eigenvalue weighted by Gasteiger charge is 2.21. The molecule has 10 heteroatoms. The number of amides is 1. The Morgan fingerprint density at radius 3 is 2.65 bits per heavy atom.